The molecule has 2 N–H and O–H groups in total. The number of halogens is 1. The van der Waals surface area contributed by atoms with Gasteiger partial charge in [0.2, 0.25) is 0 Å². The normalized spacial score (nSPS) is 10.4. The van der Waals surface area contributed by atoms with Gasteiger partial charge in [0.15, 0.2) is 5.96 Å². The van der Waals surface area contributed by atoms with E-state index < -0.39 is 0 Å². The van der Waals surface area contributed by atoms with E-state index in [9.17, 15) is 0 Å². The number of nitrogens with zero attached hydrogens (tertiary/aromatic N) is 1. The van der Waals surface area contributed by atoms with Crippen molar-refractivity contribution in [2.75, 3.05) is 33.9 Å². The Kier molecular flexibility index (Phi) is 10.9. The predicted molar refractivity (Wildman–Crippen MR) is 93.6 cm³/mol. The molecule has 1 aromatic carbocycles. The van der Waals surface area contributed by atoms with Crippen molar-refractivity contribution in [1.29, 1.82) is 0 Å². The van der Waals surface area contributed by atoms with Gasteiger partial charge in [-0.15, -0.1) is 24.0 Å². The summed E-state index contributed by atoms with van der Waals surface area (Å²) in [7, 11) is 3.40. The molecule has 0 heterocycles. The van der Waals surface area contributed by atoms with Crippen LogP contribution in [-0.4, -0.2) is 39.8 Å². The number of hydrogen-bond acceptors (Lipinski definition) is 3. The van der Waals surface area contributed by atoms with E-state index in [0.717, 1.165) is 30.4 Å². The highest BCUT2D eigenvalue weighted by atomic mass is 127. The zero-order chi connectivity index (χ0) is 13.9. The second-order valence-corrected chi connectivity index (χ2v) is 3.95. The van der Waals surface area contributed by atoms with Gasteiger partial charge in [0.05, 0.1) is 13.7 Å². The van der Waals surface area contributed by atoms with E-state index in [1.54, 1.807) is 14.2 Å². The first-order valence-electron chi connectivity index (χ1n) is 6.51. The molecule has 5 nitrogen and oxygen atoms in total. The van der Waals surface area contributed by atoms with E-state index in [2.05, 4.69) is 22.5 Å². The Morgan fingerprint density at radius 3 is 2.55 bits per heavy atom. The third kappa shape index (κ3) is 7.42. The van der Waals surface area contributed by atoms with Crippen LogP contribution < -0.4 is 20.1 Å². The van der Waals surface area contributed by atoms with Gasteiger partial charge in [-0.25, -0.2) is 0 Å². The van der Waals surface area contributed by atoms with Crippen LogP contribution in [0.5, 0.6) is 11.5 Å². The molecule has 0 bridgehead atoms. The van der Waals surface area contributed by atoms with Crippen LogP contribution in [0.25, 0.3) is 0 Å². The Bertz CT molecular complexity index is 400. The number of benzene rings is 1. The Balaban J connectivity index is 0.00000361. The smallest absolute Gasteiger partial charge is 0.191 e. The molecule has 0 unspecified atom stereocenters. The van der Waals surface area contributed by atoms with Crippen molar-refractivity contribution in [3.8, 4) is 11.5 Å². The van der Waals surface area contributed by atoms with Crippen molar-refractivity contribution in [3.63, 3.8) is 0 Å². The lowest BCUT2D eigenvalue weighted by Crippen LogP contribution is -2.39. The first-order chi connectivity index (χ1) is 9.30. The van der Waals surface area contributed by atoms with E-state index in [1.165, 1.54) is 0 Å². The van der Waals surface area contributed by atoms with Crippen molar-refractivity contribution >= 4 is 29.9 Å². The first kappa shape index (κ1) is 18.8. The molecule has 1 rings (SSSR count). The molecule has 0 aliphatic carbocycles. The number of guanidine groups is 1. The molecular formula is C14H24IN3O2. The summed E-state index contributed by atoms with van der Waals surface area (Å²) >= 11 is 0. The minimum absolute atomic E-state index is 0. The van der Waals surface area contributed by atoms with Crippen LogP contribution in [0.2, 0.25) is 0 Å². The third-order valence-corrected chi connectivity index (χ3v) is 2.47. The molecule has 0 saturated carbocycles. The number of ether oxygens (including phenoxy) is 2. The van der Waals surface area contributed by atoms with Gasteiger partial charge >= 0.3 is 0 Å². The Morgan fingerprint density at radius 1 is 1.20 bits per heavy atom. The van der Waals surface area contributed by atoms with E-state index in [1.807, 2.05) is 24.3 Å². The van der Waals surface area contributed by atoms with Crippen molar-refractivity contribution in [3.05, 3.63) is 24.3 Å². The van der Waals surface area contributed by atoms with Gasteiger partial charge in [0.25, 0.3) is 0 Å². The summed E-state index contributed by atoms with van der Waals surface area (Å²) in [6.07, 6.45) is 1.07. The van der Waals surface area contributed by atoms with E-state index in [-0.39, 0.29) is 24.0 Å². The molecule has 20 heavy (non-hydrogen) atoms. The second kappa shape index (κ2) is 11.6. The lowest BCUT2D eigenvalue weighted by atomic mass is 10.3. The van der Waals surface area contributed by atoms with Crippen LogP contribution >= 0.6 is 24.0 Å². The fraction of sp³-hybridized carbons (Fsp3) is 0.500. The van der Waals surface area contributed by atoms with Crippen LogP contribution in [-0.2, 0) is 0 Å². The maximum absolute atomic E-state index is 5.62. The lowest BCUT2D eigenvalue weighted by molar-refractivity contribution is 0.319. The molecule has 0 atom stereocenters. The molecule has 114 valence electrons. The molecule has 0 fully saturated rings. The molecule has 0 radical (unpaired) electrons. The molecule has 0 aliphatic rings. The average Bonchev–Trinajstić information content (AvgIpc) is 2.47. The average molecular weight is 393 g/mol. The van der Waals surface area contributed by atoms with Gasteiger partial charge in [-0.05, 0) is 18.6 Å². The van der Waals surface area contributed by atoms with Crippen LogP contribution in [0.15, 0.2) is 29.3 Å². The van der Waals surface area contributed by atoms with Crippen molar-refractivity contribution in [2.45, 2.75) is 13.3 Å². The molecule has 0 saturated heterocycles. The zero-order valence-corrected chi connectivity index (χ0v) is 14.6. The standard InChI is InChI=1S/C14H23N3O2.HI/c1-4-8-16-14(15-2)17-9-10-19-13-7-5-6-12(11-13)18-3;/h5-7,11H,4,8-10H2,1-3H3,(H2,15,16,17);1H. The van der Waals surface area contributed by atoms with E-state index in [4.69, 9.17) is 9.47 Å². The molecule has 6 heteroatoms. The monoisotopic (exact) mass is 393 g/mol. The summed E-state index contributed by atoms with van der Waals surface area (Å²) in [5, 5.41) is 6.39. The first-order valence-corrected chi connectivity index (χ1v) is 6.51. The van der Waals surface area contributed by atoms with Gasteiger partial charge in [-0.1, -0.05) is 13.0 Å². The summed E-state index contributed by atoms with van der Waals surface area (Å²) in [6.45, 7) is 4.29. The van der Waals surface area contributed by atoms with Crippen LogP contribution in [0.1, 0.15) is 13.3 Å². The highest BCUT2D eigenvalue weighted by Crippen LogP contribution is 2.18. The fourth-order valence-electron chi connectivity index (χ4n) is 1.49. The van der Waals surface area contributed by atoms with E-state index >= 15 is 0 Å². The largest absolute Gasteiger partial charge is 0.497 e. The Hall–Kier alpha value is -1.18. The van der Waals surface area contributed by atoms with Crippen LogP contribution in [0.4, 0.5) is 0 Å². The molecule has 0 amide bonds. The number of hydrogen-bond donors (Lipinski definition) is 2. The number of aliphatic imine (C=N–C) groups is 1. The number of rotatable bonds is 7. The quantitative estimate of drug-likeness (QED) is 0.323. The number of nitrogens with one attached hydrogen (secondary N) is 2. The number of methoxy groups -OCH3 is 1. The summed E-state index contributed by atoms with van der Waals surface area (Å²) in [5.74, 6) is 2.40. The highest BCUT2D eigenvalue weighted by Gasteiger charge is 1.98. The highest BCUT2D eigenvalue weighted by molar-refractivity contribution is 14.0. The lowest BCUT2D eigenvalue weighted by Gasteiger charge is -2.12. The summed E-state index contributed by atoms with van der Waals surface area (Å²) < 4.78 is 10.8. The van der Waals surface area contributed by atoms with Gasteiger partial charge in [0.1, 0.15) is 18.1 Å². The van der Waals surface area contributed by atoms with Crippen molar-refractivity contribution in [1.82, 2.24) is 10.6 Å². The van der Waals surface area contributed by atoms with E-state index in [0.29, 0.717) is 13.2 Å². The summed E-state index contributed by atoms with van der Waals surface area (Å²) in [4.78, 5) is 4.12. The SMILES string of the molecule is CCCNC(=NC)NCCOc1cccc(OC)c1.I. The van der Waals surface area contributed by atoms with Crippen molar-refractivity contribution in [2.24, 2.45) is 4.99 Å². The topological polar surface area (TPSA) is 54.9 Å². The molecule has 0 aromatic heterocycles. The third-order valence-electron chi connectivity index (χ3n) is 2.47. The Labute approximate surface area is 138 Å². The maximum Gasteiger partial charge on any atom is 0.191 e. The van der Waals surface area contributed by atoms with Gasteiger partial charge < -0.3 is 20.1 Å². The molecule has 0 spiro atoms. The van der Waals surface area contributed by atoms with Gasteiger partial charge in [-0.3, -0.25) is 4.99 Å². The maximum atomic E-state index is 5.62. The minimum Gasteiger partial charge on any atom is -0.497 e. The van der Waals surface area contributed by atoms with Gasteiger partial charge in [-0.2, -0.15) is 0 Å². The predicted octanol–water partition coefficient (Wildman–Crippen LogP) is 2.27. The molecule has 1 aromatic rings. The summed E-state index contributed by atoms with van der Waals surface area (Å²) in [5.41, 5.74) is 0. The summed E-state index contributed by atoms with van der Waals surface area (Å²) in [6, 6.07) is 7.57. The Morgan fingerprint density at radius 2 is 1.90 bits per heavy atom. The molecular weight excluding hydrogens is 369 g/mol. The van der Waals surface area contributed by atoms with Crippen molar-refractivity contribution < 1.29 is 9.47 Å². The molecule has 0 aliphatic heterocycles. The zero-order valence-electron chi connectivity index (χ0n) is 12.3. The van der Waals surface area contributed by atoms with Gasteiger partial charge in [0, 0.05) is 19.7 Å². The van der Waals surface area contributed by atoms with Crippen LogP contribution in [0.3, 0.4) is 0 Å². The second-order valence-electron chi connectivity index (χ2n) is 3.95. The minimum atomic E-state index is 0. The fourth-order valence-corrected chi connectivity index (χ4v) is 1.49. The van der Waals surface area contributed by atoms with Crippen LogP contribution in [0, 0.1) is 0 Å².